The lowest BCUT2D eigenvalue weighted by molar-refractivity contribution is 0.0925. The van der Waals surface area contributed by atoms with Gasteiger partial charge in [-0.25, -0.2) is 0 Å². The fourth-order valence-corrected chi connectivity index (χ4v) is 2.62. The van der Waals surface area contributed by atoms with E-state index in [0.29, 0.717) is 13.2 Å². The molecule has 0 aliphatic carbocycles. The van der Waals surface area contributed by atoms with E-state index < -0.39 is 0 Å². The average Bonchev–Trinajstić information content (AvgIpc) is 2.91. The highest BCUT2D eigenvalue weighted by molar-refractivity contribution is 5.27. The molecule has 1 aromatic carbocycles. The van der Waals surface area contributed by atoms with Crippen LogP contribution in [0.4, 0.5) is 0 Å². The molecule has 0 unspecified atom stereocenters. The first-order chi connectivity index (χ1) is 10.6. The fourth-order valence-electron chi connectivity index (χ4n) is 2.62. The third-order valence-electron chi connectivity index (χ3n) is 3.96. The van der Waals surface area contributed by atoms with E-state index in [0.717, 1.165) is 31.9 Å². The van der Waals surface area contributed by atoms with Crippen molar-refractivity contribution in [3.63, 3.8) is 0 Å². The summed E-state index contributed by atoms with van der Waals surface area (Å²) in [6.07, 6.45) is 0.640. The maximum Gasteiger partial charge on any atom is 0.119 e. The summed E-state index contributed by atoms with van der Waals surface area (Å²) in [5, 5.41) is 9.85. The van der Waals surface area contributed by atoms with Gasteiger partial charge in [-0.1, -0.05) is 12.1 Å². The van der Waals surface area contributed by atoms with Crippen LogP contribution in [-0.4, -0.2) is 74.6 Å². The van der Waals surface area contributed by atoms with Crippen molar-refractivity contribution >= 4 is 0 Å². The molecule has 1 heterocycles. The summed E-state index contributed by atoms with van der Waals surface area (Å²) in [4.78, 5) is 4.30. The van der Waals surface area contributed by atoms with Crippen molar-refractivity contribution in [2.45, 2.75) is 25.1 Å². The average molecular weight is 308 g/mol. The molecule has 0 radical (unpaired) electrons. The highest BCUT2D eigenvalue weighted by Gasteiger charge is 2.29. The van der Waals surface area contributed by atoms with E-state index in [1.54, 1.807) is 0 Å². The lowest BCUT2D eigenvalue weighted by atomic mass is 10.1. The van der Waals surface area contributed by atoms with Gasteiger partial charge in [0.05, 0.1) is 32.0 Å². The Hall–Kier alpha value is -1.14. The summed E-state index contributed by atoms with van der Waals surface area (Å²) < 4.78 is 11.0. The molecule has 2 rings (SSSR count). The predicted octanol–water partition coefficient (Wildman–Crippen LogP) is 1.21. The Bertz CT molecular complexity index is 436. The second kappa shape index (κ2) is 8.48. The van der Waals surface area contributed by atoms with Crippen LogP contribution in [-0.2, 0) is 11.3 Å². The SMILES string of the molecule is CN(C)CCCOc1ccc(CN(C)[C@H]2COC[C@@H]2O)cc1. The molecule has 0 saturated carbocycles. The highest BCUT2D eigenvalue weighted by atomic mass is 16.5. The Kier molecular flexibility index (Phi) is 6.64. The van der Waals surface area contributed by atoms with Crippen molar-refractivity contribution < 1.29 is 14.6 Å². The van der Waals surface area contributed by atoms with Gasteiger partial charge in [-0.15, -0.1) is 0 Å². The minimum atomic E-state index is -0.385. The van der Waals surface area contributed by atoms with E-state index in [1.165, 1.54) is 5.56 Å². The number of rotatable bonds is 8. The number of hydrogen-bond acceptors (Lipinski definition) is 5. The molecule has 0 bridgehead atoms. The molecule has 22 heavy (non-hydrogen) atoms. The molecule has 124 valence electrons. The zero-order valence-electron chi connectivity index (χ0n) is 13.9. The lowest BCUT2D eigenvalue weighted by Gasteiger charge is -2.25. The molecule has 5 heteroatoms. The zero-order chi connectivity index (χ0) is 15.9. The Morgan fingerprint density at radius 3 is 2.50 bits per heavy atom. The summed E-state index contributed by atoms with van der Waals surface area (Å²) in [5.41, 5.74) is 1.21. The number of aliphatic hydroxyl groups is 1. The summed E-state index contributed by atoms with van der Waals surface area (Å²) in [6, 6.07) is 8.28. The Morgan fingerprint density at radius 1 is 1.18 bits per heavy atom. The Labute approximate surface area is 133 Å². The predicted molar refractivity (Wildman–Crippen MR) is 87.2 cm³/mol. The molecule has 0 amide bonds. The molecular weight excluding hydrogens is 280 g/mol. The van der Waals surface area contributed by atoms with Crippen LogP contribution in [0.25, 0.3) is 0 Å². The van der Waals surface area contributed by atoms with Gasteiger partial charge in [0.2, 0.25) is 0 Å². The summed E-state index contributed by atoms with van der Waals surface area (Å²) in [5.74, 6) is 0.911. The van der Waals surface area contributed by atoms with Crippen LogP contribution in [0.2, 0.25) is 0 Å². The maximum atomic E-state index is 9.85. The molecule has 5 nitrogen and oxygen atoms in total. The second-order valence-electron chi connectivity index (χ2n) is 6.24. The van der Waals surface area contributed by atoms with Gasteiger partial charge in [0.1, 0.15) is 5.75 Å². The van der Waals surface area contributed by atoms with Crippen molar-refractivity contribution in [1.29, 1.82) is 0 Å². The number of ether oxygens (including phenoxy) is 2. The minimum absolute atomic E-state index is 0.0851. The quantitative estimate of drug-likeness (QED) is 0.731. The van der Waals surface area contributed by atoms with E-state index in [9.17, 15) is 5.11 Å². The normalized spacial score (nSPS) is 21.7. The molecule has 1 N–H and O–H groups in total. The minimum Gasteiger partial charge on any atom is -0.494 e. The van der Waals surface area contributed by atoms with Crippen LogP contribution >= 0.6 is 0 Å². The molecule has 1 aromatic rings. The second-order valence-corrected chi connectivity index (χ2v) is 6.24. The van der Waals surface area contributed by atoms with Crippen LogP contribution in [0, 0.1) is 0 Å². The first-order valence-corrected chi connectivity index (χ1v) is 7.89. The van der Waals surface area contributed by atoms with E-state index in [1.807, 2.05) is 19.2 Å². The smallest absolute Gasteiger partial charge is 0.119 e. The topological polar surface area (TPSA) is 45.2 Å². The van der Waals surface area contributed by atoms with Gasteiger partial charge in [0.15, 0.2) is 0 Å². The van der Waals surface area contributed by atoms with Crippen LogP contribution in [0.3, 0.4) is 0 Å². The maximum absolute atomic E-state index is 9.85. The van der Waals surface area contributed by atoms with Crippen molar-refractivity contribution in [2.75, 3.05) is 47.5 Å². The number of hydrogen-bond donors (Lipinski definition) is 1. The lowest BCUT2D eigenvalue weighted by Crippen LogP contribution is -2.39. The Balaban J connectivity index is 1.76. The Morgan fingerprint density at radius 2 is 1.91 bits per heavy atom. The van der Waals surface area contributed by atoms with Gasteiger partial charge >= 0.3 is 0 Å². The van der Waals surface area contributed by atoms with Crippen LogP contribution < -0.4 is 4.74 Å². The van der Waals surface area contributed by atoms with Gasteiger partial charge in [0.25, 0.3) is 0 Å². The van der Waals surface area contributed by atoms with Crippen LogP contribution in [0.15, 0.2) is 24.3 Å². The molecule has 1 fully saturated rings. The van der Waals surface area contributed by atoms with Gasteiger partial charge in [0, 0.05) is 13.1 Å². The first kappa shape index (κ1) is 17.2. The summed E-state index contributed by atoms with van der Waals surface area (Å²) in [6.45, 7) is 3.61. The molecule has 1 saturated heterocycles. The number of nitrogens with zero attached hydrogens (tertiary/aromatic N) is 2. The van der Waals surface area contributed by atoms with Gasteiger partial charge in [-0.2, -0.15) is 0 Å². The summed E-state index contributed by atoms with van der Waals surface area (Å²) >= 11 is 0. The number of benzene rings is 1. The van der Waals surface area contributed by atoms with E-state index in [4.69, 9.17) is 9.47 Å². The number of aliphatic hydroxyl groups excluding tert-OH is 1. The third-order valence-corrected chi connectivity index (χ3v) is 3.96. The molecule has 2 atom stereocenters. The highest BCUT2D eigenvalue weighted by Crippen LogP contribution is 2.17. The van der Waals surface area contributed by atoms with Crippen LogP contribution in [0.5, 0.6) is 5.75 Å². The van der Waals surface area contributed by atoms with Gasteiger partial charge in [-0.3, -0.25) is 4.90 Å². The summed E-state index contributed by atoms with van der Waals surface area (Å²) in [7, 11) is 6.16. The van der Waals surface area contributed by atoms with Gasteiger partial charge < -0.3 is 19.5 Å². The van der Waals surface area contributed by atoms with Crippen molar-refractivity contribution in [1.82, 2.24) is 9.80 Å². The van der Waals surface area contributed by atoms with Crippen molar-refractivity contribution in [2.24, 2.45) is 0 Å². The molecule has 1 aliphatic heterocycles. The first-order valence-electron chi connectivity index (χ1n) is 7.89. The van der Waals surface area contributed by atoms with E-state index in [-0.39, 0.29) is 12.1 Å². The van der Waals surface area contributed by atoms with E-state index in [2.05, 4.69) is 36.0 Å². The van der Waals surface area contributed by atoms with Crippen molar-refractivity contribution in [3.8, 4) is 5.75 Å². The zero-order valence-corrected chi connectivity index (χ0v) is 13.9. The third kappa shape index (κ3) is 5.25. The molecular formula is C17H28N2O3. The van der Waals surface area contributed by atoms with Crippen LogP contribution in [0.1, 0.15) is 12.0 Å². The van der Waals surface area contributed by atoms with Gasteiger partial charge in [-0.05, 0) is 45.3 Å². The standard InChI is InChI=1S/C17H28N2O3/c1-18(2)9-4-10-22-15-7-5-14(6-8-15)11-19(3)16-12-21-13-17(16)20/h5-8,16-17,20H,4,9-13H2,1-3H3/t16-,17-/m0/s1. The molecule has 0 spiro atoms. The molecule has 1 aliphatic rings. The van der Waals surface area contributed by atoms with E-state index >= 15 is 0 Å². The monoisotopic (exact) mass is 308 g/mol. The number of likely N-dealkylation sites (N-methyl/N-ethyl adjacent to an activating group) is 1. The largest absolute Gasteiger partial charge is 0.494 e. The molecule has 0 aromatic heterocycles. The fraction of sp³-hybridized carbons (Fsp3) is 0.647. The van der Waals surface area contributed by atoms with Crippen molar-refractivity contribution in [3.05, 3.63) is 29.8 Å².